The van der Waals surface area contributed by atoms with Crippen LogP contribution in [0.5, 0.6) is 0 Å². The molecule has 1 aromatic heterocycles. The minimum atomic E-state index is -0.685. The van der Waals surface area contributed by atoms with E-state index in [-0.39, 0.29) is 22.9 Å². The van der Waals surface area contributed by atoms with Crippen LogP contribution in [0.25, 0.3) is 10.2 Å². The molecule has 0 saturated heterocycles. The molecule has 0 aliphatic rings. The van der Waals surface area contributed by atoms with Gasteiger partial charge in [-0.2, -0.15) is 4.57 Å². The number of aromatic nitrogens is 1. The lowest BCUT2D eigenvalue weighted by Gasteiger charge is -2.06. The summed E-state index contributed by atoms with van der Waals surface area (Å²) in [5.74, 6) is -0.925. The number of para-hydroxylation sites is 1. The summed E-state index contributed by atoms with van der Waals surface area (Å²) in [5, 5.41) is 10.3. The van der Waals surface area contributed by atoms with Crippen LogP contribution < -0.4 is 21.5 Å². The molecule has 2 aromatic rings. The smallest absolute Gasteiger partial charge is 0.306 e. The van der Waals surface area contributed by atoms with Crippen molar-refractivity contribution in [1.29, 1.82) is 0 Å². The fraction of sp³-hybridized carbons (Fsp3) is 0.429. The van der Waals surface area contributed by atoms with Crippen molar-refractivity contribution in [2.24, 2.45) is 5.92 Å². The van der Waals surface area contributed by atoms with Crippen LogP contribution in [0.15, 0.2) is 24.3 Å². The number of carboxylic acids is 1. The third-order valence-corrected chi connectivity index (χ3v) is 4.42. The number of halogens is 1. The molecule has 0 radical (unpaired) electrons. The van der Waals surface area contributed by atoms with E-state index in [1.54, 1.807) is 11.3 Å². The van der Waals surface area contributed by atoms with Crippen LogP contribution in [-0.4, -0.2) is 11.1 Å². The summed E-state index contributed by atoms with van der Waals surface area (Å²) in [6.07, 6.45) is 1.38. The molecule has 1 heterocycles. The number of carbonyl (C=O) groups is 1. The van der Waals surface area contributed by atoms with E-state index in [2.05, 4.69) is 23.6 Å². The van der Waals surface area contributed by atoms with Crippen LogP contribution in [0, 0.1) is 12.8 Å². The van der Waals surface area contributed by atoms with Crippen LogP contribution in [0.4, 0.5) is 0 Å². The third kappa shape index (κ3) is 3.54. The standard InChI is InChI=1S/C14H17NO2S.BrH/c1-3-11(14(16)17)8-9-15-10(2)18-13-7-5-4-6-12(13)15;/h4-7,11H,3,8-9H2,1-2H3;1H. The van der Waals surface area contributed by atoms with Crippen molar-refractivity contribution in [3.63, 3.8) is 0 Å². The Labute approximate surface area is 127 Å². The average molecular weight is 344 g/mol. The van der Waals surface area contributed by atoms with E-state index >= 15 is 0 Å². The number of rotatable bonds is 5. The normalized spacial score (nSPS) is 12.1. The Bertz CT molecular complexity index is 568. The lowest BCUT2D eigenvalue weighted by molar-refractivity contribution is -0.674. The Kier molecular flexibility index (Phi) is 5.94. The zero-order valence-electron chi connectivity index (χ0n) is 11.1. The molecule has 0 amide bonds. The molecule has 3 nitrogen and oxygen atoms in total. The molecule has 1 unspecified atom stereocenters. The second kappa shape index (κ2) is 7.01. The van der Waals surface area contributed by atoms with Crippen molar-refractivity contribution in [3.05, 3.63) is 29.3 Å². The van der Waals surface area contributed by atoms with Crippen molar-refractivity contribution in [2.45, 2.75) is 33.2 Å². The van der Waals surface area contributed by atoms with E-state index in [0.717, 1.165) is 6.54 Å². The SMILES string of the molecule is CCC(CC[n+]1c(C)sc2ccccc21)C(=O)O.[Br-]. The molecule has 2 rings (SSSR count). The first-order chi connectivity index (χ1) is 8.63. The molecule has 1 atom stereocenters. The summed E-state index contributed by atoms with van der Waals surface area (Å²) in [5.41, 5.74) is 1.21. The van der Waals surface area contributed by atoms with Crippen molar-refractivity contribution >= 4 is 27.5 Å². The fourth-order valence-electron chi connectivity index (χ4n) is 2.22. The molecular formula is C14H18BrNO2S. The lowest BCUT2D eigenvalue weighted by Crippen LogP contribution is -3.00. The zero-order chi connectivity index (χ0) is 13.1. The van der Waals surface area contributed by atoms with Crippen molar-refractivity contribution in [1.82, 2.24) is 0 Å². The Morgan fingerprint density at radius 3 is 2.74 bits per heavy atom. The molecule has 0 aliphatic heterocycles. The van der Waals surface area contributed by atoms with E-state index in [4.69, 9.17) is 5.11 Å². The molecule has 5 heteroatoms. The van der Waals surface area contributed by atoms with Gasteiger partial charge in [-0.25, -0.2) is 0 Å². The highest BCUT2D eigenvalue weighted by Gasteiger charge is 2.21. The first kappa shape index (κ1) is 16.1. The second-order valence-corrected chi connectivity index (χ2v) is 5.71. The van der Waals surface area contributed by atoms with Crippen LogP contribution in [0.2, 0.25) is 0 Å². The van der Waals surface area contributed by atoms with Gasteiger partial charge in [0, 0.05) is 19.4 Å². The molecule has 19 heavy (non-hydrogen) atoms. The van der Waals surface area contributed by atoms with Gasteiger partial charge in [-0.1, -0.05) is 30.4 Å². The highest BCUT2D eigenvalue weighted by Crippen LogP contribution is 2.20. The zero-order valence-corrected chi connectivity index (χ0v) is 13.5. The summed E-state index contributed by atoms with van der Waals surface area (Å²) >= 11 is 1.76. The van der Waals surface area contributed by atoms with Crippen LogP contribution >= 0.6 is 11.3 Å². The third-order valence-electron chi connectivity index (χ3n) is 3.34. The number of fused-ring (bicyclic) bond motifs is 1. The minimum Gasteiger partial charge on any atom is -1.00 e. The number of thiazole rings is 1. The fourth-order valence-corrected chi connectivity index (χ4v) is 3.26. The molecule has 0 saturated carbocycles. The highest BCUT2D eigenvalue weighted by atomic mass is 79.9. The van der Waals surface area contributed by atoms with Gasteiger partial charge in [-0.15, -0.1) is 0 Å². The largest absolute Gasteiger partial charge is 1.00 e. The number of aliphatic carboxylic acids is 1. The number of aryl methyl sites for hydroxylation is 2. The predicted octanol–water partition coefficient (Wildman–Crippen LogP) is 0.00212. The maximum atomic E-state index is 11.0. The van der Waals surface area contributed by atoms with E-state index in [0.29, 0.717) is 12.8 Å². The summed E-state index contributed by atoms with van der Waals surface area (Å²) in [6, 6.07) is 8.27. The van der Waals surface area contributed by atoms with Gasteiger partial charge in [-0.3, -0.25) is 4.79 Å². The summed E-state index contributed by atoms with van der Waals surface area (Å²) in [7, 11) is 0. The van der Waals surface area contributed by atoms with Crippen LogP contribution in [0.3, 0.4) is 0 Å². The van der Waals surface area contributed by atoms with Gasteiger partial charge >= 0.3 is 5.97 Å². The molecule has 104 valence electrons. The minimum absolute atomic E-state index is 0. The number of hydrogen-bond acceptors (Lipinski definition) is 2. The number of carboxylic acid groups (broad SMARTS) is 1. The summed E-state index contributed by atoms with van der Waals surface area (Å²) in [6.45, 7) is 4.80. The average Bonchev–Trinajstić information content (AvgIpc) is 2.66. The van der Waals surface area contributed by atoms with E-state index in [1.165, 1.54) is 15.2 Å². The topological polar surface area (TPSA) is 41.2 Å². The number of benzene rings is 1. The molecule has 1 aromatic carbocycles. The Balaban J connectivity index is 0.00000180. The van der Waals surface area contributed by atoms with Crippen LogP contribution in [0.1, 0.15) is 24.8 Å². The van der Waals surface area contributed by atoms with Gasteiger partial charge < -0.3 is 22.1 Å². The van der Waals surface area contributed by atoms with E-state index < -0.39 is 5.97 Å². The van der Waals surface area contributed by atoms with Gasteiger partial charge in [0.25, 0.3) is 0 Å². The van der Waals surface area contributed by atoms with Crippen molar-refractivity contribution in [2.75, 3.05) is 0 Å². The van der Waals surface area contributed by atoms with Gasteiger partial charge in [0.2, 0.25) is 10.5 Å². The molecule has 0 bridgehead atoms. The summed E-state index contributed by atoms with van der Waals surface area (Å²) < 4.78 is 3.49. The predicted molar refractivity (Wildman–Crippen MR) is 72.8 cm³/mol. The summed E-state index contributed by atoms with van der Waals surface area (Å²) in [4.78, 5) is 11.0. The Morgan fingerprint density at radius 1 is 1.42 bits per heavy atom. The molecule has 1 N–H and O–H groups in total. The van der Waals surface area contributed by atoms with Gasteiger partial charge in [-0.05, 0) is 12.5 Å². The van der Waals surface area contributed by atoms with Crippen molar-refractivity contribution in [3.8, 4) is 0 Å². The maximum Gasteiger partial charge on any atom is 0.306 e. The second-order valence-electron chi connectivity index (χ2n) is 4.47. The quantitative estimate of drug-likeness (QED) is 0.776. The van der Waals surface area contributed by atoms with Gasteiger partial charge in [0.1, 0.15) is 4.70 Å². The molecular weight excluding hydrogens is 326 g/mol. The Morgan fingerprint density at radius 2 is 2.11 bits per heavy atom. The van der Waals surface area contributed by atoms with Gasteiger partial charge in [0.05, 0.1) is 5.92 Å². The molecule has 0 spiro atoms. The molecule has 0 fully saturated rings. The first-order valence-corrected chi connectivity index (χ1v) is 7.06. The van der Waals surface area contributed by atoms with E-state index in [1.807, 2.05) is 19.1 Å². The first-order valence-electron chi connectivity index (χ1n) is 6.24. The molecule has 0 aliphatic carbocycles. The monoisotopic (exact) mass is 343 g/mol. The number of nitrogens with zero attached hydrogens (tertiary/aromatic N) is 1. The van der Waals surface area contributed by atoms with Gasteiger partial charge in [0.15, 0.2) is 6.54 Å². The van der Waals surface area contributed by atoms with E-state index in [9.17, 15) is 4.79 Å². The highest BCUT2D eigenvalue weighted by molar-refractivity contribution is 7.18. The van der Waals surface area contributed by atoms with Crippen molar-refractivity contribution < 1.29 is 31.4 Å². The van der Waals surface area contributed by atoms with Crippen LogP contribution in [-0.2, 0) is 11.3 Å². The number of hydrogen-bond donors (Lipinski definition) is 1. The maximum absolute atomic E-state index is 11.0. The Hall–Kier alpha value is -0.940. The lowest BCUT2D eigenvalue weighted by atomic mass is 10.0.